The van der Waals surface area contributed by atoms with Crippen LogP contribution in [-0.2, 0) is 0 Å². The highest BCUT2D eigenvalue weighted by molar-refractivity contribution is 6.10. The van der Waals surface area contributed by atoms with Gasteiger partial charge in [-0.2, -0.15) is 0 Å². The Morgan fingerprint density at radius 1 is 0.373 bits per heavy atom. The van der Waals surface area contributed by atoms with Crippen LogP contribution in [0.25, 0.3) is 88.4 Å². The minimum Gasteiger partial charge on any atom is -0.309 e. The van der Waals surface area contributed by atoms with E-state index in [4.69, 9.17) is 0 Å². The zero-order chi connectivity index (χ0) is 47.5. The first-order chi connectivity index (χ1) is 33.0. The van der Waals surface area contributed by atoms with Crippen LogP contribution >= 0.6 is 0 Å². The van der Waals surface area contributed by atoms with E-state index in [0.29, 0.717) is 0 Å². The van der Waals surface area contributed by atoms with E-state index in [2.05, 4.69) is 216 Å². The molecule has 8 aromatic carbocycles. The van der Waals surface area contributed by atoms with Gasteiger partial charge >= 0.3 is 0 Å². The Balaban J connectivity index is 0.000000379. The van der Waals surface area contributed by atoms with Crippen molar-refractivity contribution in [2.24, 2.45) is 0 Å². The quantitative estimate of drug-likeness (QED) is 0.135. The molecule has 0 radical (unpaired) electrons. The Bertz CT molecular complexity index is 3150. The van der Waals surface area contributed by atoms with Crippen molar-refractivity contribution in [2.75, 3.05) is 0 Å². The molecule has 0 amide bonds. The fourth-order valence-corrected chi connectivity index (χ4v) is 8.21. The summed E-state index contributed by atoms with van der Waals surface area (Å²) < 4.78 is 4.73. The van der Waals surface area contributed by atoms with Crippen LogP contribution in [-0.4, -0.2) is 9.13 Å². The van der Waals surface area contributed by atoms with Gasteiger partial charge in [0, 0.05) is 32.9 Å². The maximum atomic E-state index is 3.71. The second-order valence-electron chi connectivity index (χ2n) is 15.5. The van der Waals surface area contributed by atoms with Crippen LogP contribution < -0.4 is 0 Å². The zero-order valence-corrected chi connectivity index (χ0v) is 40.3. The Kier molecular flexibility index (Phi) is 17.7. The second kappa shape index (κ2) is 24.4. The van der Waals surface area contributed by atoms with E-state index in [1.807, 2.05) is 84.9 Å². The predicted molar refractivity (Wildman–Crippen MR) is 298 cm³/mol. The molecule has 334 valence electrons. The summed E-state index contributed by atoms with van der Waals surface area (Å²) in [5.41, 5.74) is 15.6. The van der Waals surface area contributed by atoms with Gasteiger partial charge in [0.25, 0.3) is 0 Å². The molecular weight excluding hydrogens is 809 g/mol. The Morgan fingerprint density at radius 3 is 0.985 bits per heavy atom. The molecular formula is C65H64N2. The summed E-state index contributed by atoms with van der Waals surface area (Å²) in [6.07, 6.45) is 13.5. The largest absolute Gasteiger partial charge is 0.309 e. The lowest BCUT2D eigenvalue weighted by Gasteiger charge is -2.11. The van der Waals surface area contributed by atoms with Crippen molar-refractivity contribution < 1.29 is 0 Å². The van der Waals surface area contributed by atoms with E-state index in [1.165, 1.54) is 88.4 Å². The molecule has 0 bridgehead atoms. The smallest absolute Gasteiger partial charge is 0.0541 e. The summed E-state index contributed by atoms with van der Waals surface area (Å²) in [5.74, 6) is 0. The van der Waals surface area contributed by atoms with Crippen LogP contribution in [0.4, 0.5) is 0 Å². The minimum atomic E-state index is 1.09. The lowest BCUT2D eigenvalue weighted by atomic mass is 9.97. The van der Waals surface area contributed by atoms with Crippen molar-refractivity contribution in [3.05, 3.63) is 255 Å². The summed E-state index contributed by atoms with van der Waals surface area (Å²) in [7, 11) is 0. The first-order valence-electron chi connectivity index (χ1n) is 23.6. The van der Waals surface area contributed by atoms with Gasteiger partial charge in [-0.15, -0.1) is 0 Å². The summed E-state index contributed by atoms with van der Waals surface area (Å²) in [6, 6.07) is 70.3. The molecule has 0 unspecified atom stereocenters. The molecule has 0 saturated heterocycles. The average Bonchev–Trinajstić information content (AvgIpc) is 3.92. The van der Waals surface area contributed by atoms with Gasteiger partial charge in [0.1, 0.15) is 0 Å². The molecule has 0 aliphatic carbocycles. The van der Waals surface area contributed by atoms with E-state index in [9.17, 15) is 0 Å². The van der Waals surface area contributed by atoms with Gasteiger partial charge in [0.2, 0.25) is 0 Å². The van der Waals surface area contributed by atoms with Crippen LogP contribution in [0.2, 0.25) is 0 Å². The molecule has 0 N–H and O–H groups in total. The number of benzene rings is 8. The number of nitrogens with zero attached hydrogens (tertiary/aromatic N) is 2. The minimum absolute atomic E-state index is 1.09. The van der Waals surface area contributed by atoms with Gasteiger partial charge in [-0.1, -0.05) is 228 Å². The molecule has 2 heteroatoms. The molecule has 10 rings (SSSR count). The van der Waals surface area contributed by atoms with Crippen molar-refractivity contribution >= 4 is 43.6 Å². The molecule has 67 heavy (non-hydrogen) atoms. The number of hydrogen-bond acceptors (Lipinski definition) is 0. The fourth-order valence-electron chi connectivity index (χ4n) is 8.21. The first-order valence-corrected chi connectivity index (χ1v) is 23.6. The van der Waals surface area contributed by atoms with Crippen LogP contribution in [0, 0.1) is 0 Å². The van der Waals surface area contributed by atoms with Gasteiger partial charge in [-0.05, 0) is 109 Å². The Labute approximate surface area is 399 Å². The lowest BCUT2D eigenvalue weighted by Crippen LogP contribution is -1.93. The molecule has 0 fully saturated rings. The van der Waals surface area contributed by atoms with Crippen molar-refractivity contribution in [3.63, 3.8) is 0 Å². The number of hydrogen-bond donors (Lipinski definition) is 0. The monoisotopic (exact) mass is 873 g/mol. The summed E-state index contributed by atoms with van der Waals surface area (Å²) >= 11 is 0. The number of rotatable bonds is 8. The highest BCUT2D eigenvalue weighted by Gasteiger charge is 2.13. The Hall–Kier alpha value is -7.94. The summed E-state index contributed by atoms with van der Waals surface area (Å²) in [5, 5.41) is 5.12. The third kappa shape index (κ3) is 11.3. The standard InChI is InChI=1S/C48H32N2.C8H12.C5H8.2C2H6/c1-5-16-45-41(12-1)42-13-2-6-17-46(42)49(45)39-28-24-34(25-29-39)33-20-22-35(23-21-33)37-10-9-11-38(32-37)36-26-30-40(31-27-36)50-47-18-7-3-14-43(47)44-15-4-8-19-48(44)50;1-4-5-6-7-8(2)3;1-3-5-4-2;2*1-2/h1-32H;4-7H,2H2,1,3H3;3-5H,1H2,2H3;2*1-2H3/b;5-4-,7-6-;5-4-;;. The fraction of sp³-hybridized carbons (Fsp3) is 0.108. The van der Waals surface area contributed by atoms with Gasteiger partial charge in [-0.25, -0.2) is 0 Å². The van der Waals surface area contributed by atoms with E-state index < -0.39 is 0 Å². The van der Waals surface area contributed by atoms with Gasteiger partial charge in [0.05, 0.1) is 22.1 Å². The lowest BCUT2D eigenvalue weighted by molar-refractivity contribution is 1.18. The van der Waals surface area contributed by atoms with Crippen molar-refractivity contribution in [1.82, 2.24) is 9.13 Å². The van der Waals surface area contributed by atoms with Crippen LogP contribution in [0.1, 0.15) is 48.5 Å². The zero-order valence-electron chi connectivity index (χ0n) is 40.3. The van der Waals surface area contributed by atoms with Gasteiger partial charge in [-0.3, -0.25) is 0 Å². The first kappa shape index (κ1) is 48.5. The van der Waals surface area contributed by atoms with Crippen molar-refractivity contribution in [3.8, 4) is 44.8 Å². The summed E-state index contributed by atoms with van der Waals surface area (Å²) in [4.78, 5) is 0. The molecule has 0 aliphatic heterocycles. The molecule has 2 aromatic heterocycles. The van der Waals surface area contributed by atoms with E-state index in [-0.39, 0.29) is 0 Å². The normalized spacial score (nSPS) is 10.9. The number of aromatic nitrogens is 2. The molecule has 0 aliphatic rings. The van der Waals surface area contributed by atoms with E-state index >= 15 is 0 Å². The Morgan fingerprint density at radius 2 is 0.687 bits per heavy atom. The van der Waals surface area contributed by atoms with Gasteiger partial charge in [0.15, 0.2) is 0 Å². The predicted octanol–water partition coefficient (Wildman–Crippen LogP) is 19.4. The van der Waals surface area contributed by atoms with Crippen LogP contribution in [0.15, 0.2) is 255 Å². The molecule has 2 heterocycles. The van der Waals surface area contributed by atoms with Gasteiger partial charge < -0.3 is 9.13 Å². The molecule has 10 aromatic rings. The maximum Gasteiger partial charge on any atom is 0.0541 e. The average molecular weight is 873 g/mol. The third-order valence-electron chi connectivity index (χ3n) is 11.2. The molecule has 0 atom stereocenters. The highest BCUT2D eigenvalue weighted by atomic mass is 15.0. The SMILES string of the molecule is C=C(C)/C=C\C=C/C.C=C/C=C\C.CC.CC.c1cc(-c2ccc(-c3ccc(-n4c5ccccc5c5ccccc54)cc3)cc2)cc(-c2ccc(-n3c4ccccc4c4ccccc43)cc2)c1. The molecule has 2 nitrogen and oxygen atoms in total. The number of fused-ring (bicyclic) bond motifs is 6. The topological polar surface area (TPSA) is 9.86 Å². The molecule has 0 spiro atoms. The van der Waals surface area contributed by atoms with E-state index in [0.717, 1.165) is 5.57 Å². The number of allylic oxidation sites excluding steroid dienone is 8. The highest BCUT2D eigenvalue weighted by Crippen LogP contribution is 2.35. The number of para-hydroxylation sites is 4. The summed E-state index contributed by atoms with van der Waals surface area (Å²) in [6.45, 7) is 21.1. The molecule has 0 saturated carbocycles. The van der Waals surface area contributed by atoms with Crippen LogP contribution in [0.3, 0.4) is 0 Å². The van der Waals surface area contributed by atoms with E-state index in [1.54, 1.807) is 6.08 Å². The van der Waals surface area contributed by atoms with Crippen LogP contribution in [0.5, 0.6) is 0 Å². The second-order valence-corrected chi connectivity index (χ2v) is 15.5. The third-order valence-corrected chi connectivity index (χ3v) is 11.2. The van der Waals surface area contributed by atoms with Crippen molar-refractivity contribution in [1.29, 1.82) is 0 Å². The van der Waals surface area contributed by atoms with Crippen molar-refractivity contribution in [2.45, 2.75) is 48.5 Å². The maximum absolute atomic E-state index is 3.71.